The number of fused-ring (bicyclic) bond motifs is 1. The monoisotopic (exact) mass is 289 g/mol. The molecule has 1 aliphatic heterocycles. The summed E-state index contributed by atoms with van der Waals surface area (Å²) in [6.07, 6.45) is 5.24. The normalized spacial score (nSPS) is 17.2. The Morgan fingerprint density at radius 2 is 2.19 bits per heavy atom. The fraction of sp³-hybridized carbons (Fsp3) is 0.538. The first-order valence-electron chi connectivity index (χ1n) is 7.03. The van der Waals surface area contributed by atoms with Crippen LogP contribution in [0.3, 0.4) is 0 Å². The molecule has 2 aromatic heterocycles. The number of anilines is 1. The molecule has 3 rings (SSSR count). The summed E-state index contributed by atoms with van der Waals surface area (Å²) in [6, 6.07) is 0.340. The highest BCUT2D eigenvalue weighted by Gasteiger charge is 2.21. The molecular weight excluding hydrogens is 270 g/mol. The highest BCUT2D eigenvalue weighted by Crippen LogP contribution is 2.21. The van der Waals surface area contributed by atoms with Gasteiger partial charge in [0.05, 0.1) is 18.1 Å². The number of nitrogens with two attached hydrogens (primary N) is 1. The Hall–Kier alpha value is -2.22. The molecule has 0 unspecified atom stereocenters. The quantitative estimate of drug-likeness (QED) is 0.803. The third kappa shape index (κ3) is 2.94. The van der Waals surface area contributed by atoms with Gasteiger partial charge in [-0.05, 0) is 12.8 Å². The maximum Gasteiger partial charge on any atom is 0.231 e. The number of nitrogens with zero attached hydrogens (tertiary/aromatic N) is 5. The van der Waals surface area contributed by atoms with Crippen molar-refractivity contribution >= 4 is 22.8 Å². The van der Waals surface area contributed by atoms with E-state index in [4.69, 9.17) is 5.73 Å². The maximum atomic E-state index is 10.9. The lowest BCUT2D eigenvalue weighted by Crippen LogP contribution is -2.43. The summed E-state index contributed by atoms with van der Waals surface area (Å²) >= 11 is 0. The number of aromatic nitrogens is 4. The van der Waals surface area contributed by atoms with E-state index >= 15 is 0 Å². The van der Waals surface area contributed by atoms with Crippen LogP contribution in [-0.4, -0.2) is 56.2 Å². The third-order valence-electron chi connectivity index (χ3n) is 3.84. The molecule has 0 radical (unpaired) electrons. The van der Waals surface area contributed by atoms with E-state index in [1.807, 2.05) is 7.05 Å². The topological polar surface area (TPSA) is 102 Å². The average Bonchev–Trinajstić information content (AvgIpc) is 2.83. The van der Waals surface area contributed by atoms with Gasteiger partial charge in [0.2, 0.25) is 5.91 Å². The molecule has 0 bridgehead atoms. The summed E-state index contributed by atoms with van der Waals surface area (Å²) in [5.74, 6) is 0.552. The summed E-state index contributed by atoms with van der Waals surface area (Å²) in [5, 5.41) is 8.60. The second kappa shape index (κ2) is 5.65. The molecule has 3 N–H and O–H groups in total. The van der Waals surface area contributed by atoms with Crippen molar-refractivity contribution in [2.45, 2.75) is 18.9 Å². The number of piperidine rings is 1. The fourth-order valence-electron chi connectivity index (χ4n) is 2.73. The van der Waals surface area contributed by atoms with Crippen molar-refractivity contribution in [1.82, 2.24) is 24.6 Å². The average molecular weight is 289 g/mol. The van der Waals surface area contributed by atoms with E-state index in [-0.39, 0.29) is 5.91 Å². The van der Waals surface area contributed by atoms with Gasteiger partial charge in [0.25, 0.3) is 0 Å². The second-order valence-electron chi connectivity index (χ2n) is 5.39. The van der Waals surface area contributed by atoms with Crippen LogP contribution in [0.15, 0.2) is 12.5 Å². The summed E-state index contributed by atoms with van der Waals surface area (Å²) < 4.78 is 1.73. The molecule has 1 amide bonds. The number of carbonyl (C=O) groups excluding carboxylic acids is 1. The van der Waals surface area contributed by atoms with Gasteiger partial charge in [-0.1, -0.05) is 0 Å². The molecule has 0 aliphatic carbocycles. The van der Waals surface area contributed by atoms with Gasteiger partial charge < -0.3 is 11.1 Å². The van der Waals surface area contributed by atoms with E-state index in [9.17, 15) is 4.79 Å². The molecule has 0 aromatic carbocycles. The Kier molecular flexibility index (Phi) is 3.70. The van der Waals surface area contributed by atoms with E-state index in [1.165, 1.54) is 0 Å². The molecular formula is C13H19N7O. The molecule has 8 heteroatoms. The molecule has 1 saturated heterocycles. The van der Waals surface area contributed by atoms with Crippen molar-refractivity contribution in [3.8, 4) is 0 Å². The highest BCUT2D eigenvalue weighted by molar-refractivity contribution is 5.86. The minimum absolute atomic E-state index is 0.269. The summed E-state index contributed by atoms with van der Waals surface area (Å²) in [4.78, 5) is 21.6. The van der Waals surface area contributed by atoms with Gasteiger partial charge in [-0.25, -0.2) is 9.97 Å². The number of amides is 1. The lowest BCUT2D eigenvalue weighted by Gasteiger charge is -2.31. The zero-order chi connectivity index (χ0) is 14.8. The van der Waals surface area contributed by atoms with Crippen LogP contribution in [0.2, 0.25) is 0 Å². The van der Waals surface area contributed by atoms with Crippen molar-refractivity contribution in [1.29, 1.82) is 0 Å². The molecule has 0 spiro atoms. The van der Waals surface area contributed by atoms with Crippen LogP contribution in [0.1, 0.15) is 12.8 Å². The Morgan fingerprint density at radius 1 is 1.43 bits per heavy atom. The molecule has 21 heavy (non-hydrogen) atoms. The van der Waals surface area contributed by atoms with Crippen LogP contribution in [-0.2, 0) is 11.8 Å². The van der Waals surface area contributed by atoms with Crippen LogP contribution in [0.5, 0.6) is 0 Å². The Morgan fingerprint density at radius 3 is 2.90 bits per heavy atom. The van der Waals surface area contributed by atoms with Crippen LogP contribution < -0.4 is 11.1 Å². The Bertz CT molecular complexity index is 645. The second-order valence-corrected chi connectivity index (χ2v) is 5.39. The minimum Gasteiger partial charge on any atom is -0.369 e. The summed E-state index contributed by atoms with van der Waals surface area (Å²) in [5.41, 5.74) is 6.04. The van der Waals surface area contributed by atoms with Crippen molar-refractivity contribution < 1.29 is 4.79 Å². The molecule has 0 atom stereocenters. The zero-order valence-electron chi connectivity index (χ0n) is 12.0. The number of aryl methyl sites for hydroxylation is 1. The van der Waals surface area contributed by atoms with E-state index in [1.54, 1.807) is 17.2 Å². The lowest BCUT2D eigenvalue weighted by molar-refractivity contribution is -0.119. The molecule has 1 aliphatic rings. The summed E-state index contributed by atoms with van der Waals surface area (Å²) in [6.45, 7) is 2.07. The molecule has 3 heterocycles. The van der Waals surface area contributed by atoms with Gasteiger partial charge in [-0.2, -0.15) is 5.10 Å². The molecule has 0 saturated carbocycles. The number of hydrogen-bond acceptors (Lipinski definition) is 6. The Balaban J connectivity index is 1.66. The smallest absolute Gasteiger partial charge is 0.231 e. The Labute approximate surface area is 122 Å². The highest BCUT2D eigenvalue weighted by atomic mass is 16.1. The maximum absolute atomic E-state index is 10.9. The van der Waals surface area contributed by atoms with Crippen molar-refractivity contribution in [3.05, 3.63) is 12.5 Å². The van der Waals surface area contributed by atoms with E-state index in [2.05, 4.69) is 25.3 Å². The lowest BCUT2D eigenvalue weighted by atomic mass is 10.0. The van der Waals surface area contributed by atoms with E-state index in [0.29, 0.717) is 12.6 Å². The number of likely N-dealkylation sites (tertiary alicyclic amines) is 1. The number of nitrogens with one attached hydrogen (secondary N) is 1. The van der Waals surface area contributed by atoms with Gasteiger partial charge in [-0.3, -0.25) is 14.4 Å². The van der Waals surface area contributed by atoms with Gasteiger partial charge >= 0.3 is 0 Å². The summed E-state index contributed by atoms with van der Waals surface area (Å²) in [7, 11) is 1.86. The zero-order valence-corrected chi connectivity index (χ0v) is 12.0. The standard InChI is InChI=1S/C13H19N7O/c1-19-13-10(6-17-19)12(15-8-16-13)18-9-2-4-20(5-3-9)7-11(14)21/h6,8-9H,2-5,7H2,1H3,(H2,14,21)(H,15,16,18). The minimum atomic E-state index is -0.269. The fourth-order valence-corrected chi connectivity index (χ4v) is 2.73. The van der Waals surface area contributed by atoms with Crippen molar-refractivity contribution in [3.63, 3.8) is 0 Å². The van der Waals surface area contributed by atoms with Gasteiger partial charge in [0.1, 0.15) is 12.1 Å². The molecule has 112 valence electrons. The van der Waals surface area contributed by atoms with Crippen LogP contribution in [0.25, 0.3) is 11.0 Å². The van der Waals surface area contributed by atoms with Gasteiger partial charge in [0, 0.05) is 26.2 Å². The largest absolute Gasteiger partial charge is 0.369 e. The number of carbonyl (C=O) groups is 1. The third-order valence-corrected chi connectivity index (χ3v) is 3.84. The van der Waals surface area contributed by atoms with E-state index in [0.717, 1.165) is 42.8 Å². The first-order chi connectivity index (χ1) is 10.1. The van der Waals surface area contributed by atoms with Gasteiger partial charge in [0.15, 0.2) is 5.65 Å². The predicted octanol–water partition coefficient (Wildman–Crippen LogP) is -0.275. The number of primary amides is 1. The van der Waals surface area contributed by atoms with Crippen LogP contribution in [0.4, 0.5) is 5.82 Å². The van der Waals surface area contributed by atoms with Crippen molar-refractivity contribution in [2.75, 3.05) is 25.0 Å². The van der Waals surface area contributed by atoms with Crippen LogP contribution in [0, 0.1) is 0 Å². The first kappa shape index (κ1) is 13.7. The van der Waals surface area contributed by atoms with Gasteiger partial charge in [-0.15, -0.1) is 0 Å². The van der Waals surface area contributed by atoms with Crippen molar-refractivity contribution in [2.24, 2.45) is 12.8 Å². The first-order valence-corrected chi connectivity index (χ1v) is 7.03. The van der Waals surface area contributed by atoms with E-state index < -0.39 is 0 Å². The predicted molar refractivity (Wildman–Crippen MR) is 78.6 cm³/mol. The number of hydrogen-bond donors (Lipinski definition) is 2. The molecule has 2 aromatic rings. The number of rotatable bonds is 4. The molecule has 8 nitrogen and oxygen atoms in total. The molecule has 1 fully saturated rings. The SMILES string of the molecule is Cn1ncc2c(NC3CCN(CC(N)=O)CC3)ncnc21. The van der Waals surface area contributed by atoms with Crippen LogP contribution >= 0.6 is 0 Å².